The van der Waals surface area contributed by atoms with Crippen molar-refractivity contribution in [1.29, 1.82) is 0 Å². The molecule has 3 aromatic rings. The zero-order valence-corrected chi connectivity index (χ0v) is 21.3. The molecule has 1 fully saturated rings. The fourth-order valence-corrected chi connectivity index (χ4v) is 4.04. The molecule has 0 spiro atoms. The van der Waals surface area contributed by atoms with Crippen LogP contribution in [0, 0.1) is 6.92 Å². The fraction of sp³-hybridized carbons (Fsp3) is 0.333. The molecule has 4 rings (SSSR count). The maximum absolute atomic E-state index is 13.1. The number of para-hydroxylation sites is 1. The number of carbonyl (C=O) groups excluding carboxylic acids is 3. The summed E-state index contributed by atoms with van der Waals surface area (Å²) in [6.45, 7) is 8.69. The molecule has 0 bridgehead atoms. The number of aryl methyl sites for hydroxylation is 2. The topological polar surface area (TPSA) is 99.6 Å². The van der Waals surface area contributed by atoms with E-state index in [1.165, 1.54) is 0 Å². The van der Waals surface area contributed by atoms with Crippen molar-refractivity contribution in [2.45, 2.75) is 39.5 Å². The first-order valence-electron chi connectivity index (χ1n) is 11.9. The zero-order chi connectivity index (χ0) is 26.0. The highest BCUT2D eigenvalue weighted by Crippen LogP contribution is 2.25. The van der Waals surface area contributed by atoms with Crippen LogP contribution in [0.2, 0.25) is 0 Å². The van der Waals surface area contributed by atoms with Crippen LogP contribution in [0.4, 0.5) is 22.0 Å². The lowest BCUT2D eigenvalue weighted by Crippen LogP contribution is -2.50. The highest BCUT2D eigenvalue weighted by molar-refractivity contribution is 6.01. The summed E-state index contributed by atoms with van der Waals surface area (Å²) in [5, 5.41) is 10.0. The van der Waals surface area contributed by atoms with Gasteiger partial charge in [0, 0.05) is 48.4 Å². The minimum Gasteiger partial charge on any atom is -0.320 e. The van der Waals surface area contributed by atoms with E-state index in [1.54, 1.807) is 45.8 Å². The minimum absolute atomic E-state index is 0.00181. The Morgan fingerprint density at radius 2 is 1.69 bits per heavy atom. The molecule has 0 unspecified atom stereocenters. The number of hydrogen-bond donors (Lipinski definition) is 2. The summed E-state index contributed by atoms with van der Waals surface area (Å²) in [6.07, 6.45) is 0.269. The predicted octanol–water partition coefficient (Wildman–Crippen LogP) is 4.51. The van der Waals surface area contributed by atoms with Gasteiger partial charge in [0.25, 0.3) is 5.91 Å². The number of benzene rings is 2. The van der Waals surface area contributed by atoms with Gasteiger partial charge in [0.15, 0.2) is 0 Å². The van der Waals surface area contributed by atoms with Crippen molar-refractivity contribution in [3.8, 4) is 0 Å². The van der Waals surface area contributed by atoms with E-state index in [0.717, 1.165) is 16.9 Å². The molecule has 36 heavy (non-hydrogen) atoms. The number of aromatic nitrogens is 2. The lowest BCUT2D eigenvalue weighted by Gasteiger charge is -2.36. The van der Waals surface area contributed by atoms with Crippen LogP contribution in [-0.2, 0) is 17.3 Å². The Balaban J connectivity index is 1.39. The fourth-order valence-electron chi connectivity index (χ4n) is 4.04. The van der Waals surface area contributed by atoms with Gasteiger partial charge in [0.1, 0.15) is 12.5 Å². The summed E-state index contributed by atoms with van der Waals surface area (Å²) in [5.74, 6) is 0.422. The number of carbonyl (C=O) groups is 3. The molecular formula is C27H32N6O3. The first-order chi connectivity index (χ1) is 17.0. The Hall–Kier alpha value is -4.14. The standard InChI is InChI=1S/C27H32N6O3/c1-18-8-6-7-9-21(18)33-17-32(15-14-24(33)34)25(35)19-10-12-20(13-11-19)28-26(36)29-23-16-22(27(2,3)4)30-31(23)5/h6-13,16H,14-15,17H2,1-5H3,(H2,28,29,36). The van der Waals surface area contributed by atoms with Gasteiger partial charge in [-0.1, -0.05) is 39.0 Å². The molecule has 1 aromatic heterocycles. The Labute approximate surface area is 211 Å². The van der Waals surface area contributed by atoms with Gasteiger partial charge < -0.3 is 10.2 Å². The van der Waals surface area contributed by atoms with Crippen LogP contribution in [0.25, 0.3) is 0 Å². The van der Waals surface area contributed by atoms with Crippen molar-refractivity contribution >= 4 is 35.0 Å². The van der Waals surface area contributed by atoms with E-state index in [1.807, 2.05) is 37.3 Å². The van der Waals surface area contributed by atoms with E-state index in [9.17, 15) is 14.4 Å². The number of nitrogens with zero attached hydrogens (tertiary/aromatic N) is 4. The van der Waals surface area contributed by atoms with Gasteiger partial charge in [0.2, 0.25) is 5.91 Å². The van der Waals surface area contributed by atoms with Crippen LogP contribution in [-0.4, -0.2) is 45.7 Å². The molecule has 188 valence electrons. The minimum atomic E-state index is -0.402. The highest BCUT2D eigenvalue weighted by Gasteiger charge is 2.29. The Bertz CT molecular complexity index is 1290. The van der Waals surface area contributed by atoms with Gasteiger partial charge in [-0.25, -0.2) is 4.79 Å². The highest BCUT2D eigenvalue weighted by atomic mass is 16.2. The average Bonchev–Trinajstić information content (AvgIpc) is 3.20. The van der Waals surface area contributed by atoms with Gasteiger partial charge >= 0.3 is 6.03 Å². The summed E-state index contributed by atoms with van der Waals surface area (Å²) in [6, 6.07) is 15.8. The molecule has 1 saturated heterocycles. The second kappa shape index (κ2) is 9.85. The third-order valence-electron chi connectivity index (χ3n) is 6.18. The van der Waals surface area contributed by atoms with Crippen molar-refractivity contribution in [2.75, 3.05) is 28.7 Å². The van der Waals surface area contributed by atoms with Crippen LogP contribution < -0.4 is 15.5 Å². The summed E-state index contributed by atoms with van der Waals surface area (Å²) in [5.41, 5.74) is 3.58. The second-order valence-corrected chi connectivity index (χ2v) is 10.0. The molecule has 2 N–H and O–H groups in total. The summed E-state index contributed by atoms with van der Waals surface area (Å²) in [7, 11) is 1.78. The van der Waals surface area contributed by atoms with Crippen molar-refractivity contribution in [2.24, 2.45) is 7.05 Å². The number of rotatable bonds is 4. The van der Waals surface area contributed by atoms with E-state index in [0.29, 0.717) is 23.6 Å². The Morgan fingerprint density at radius 1 is 1.00 bits per heavy atom. The molecule has 0 aliphatic carbocycles. The summed E-state index contributed by atoms with van der Waals surface area (Å²) >= 11 is 0. The monoisotopic (exact) mass is 488 g/mol. The largest absolute Gasteiger partial charge is 0.324 e. The molecule has 9 heteroatoms. The van der Waals surface area contributed by atoms with Gasteiger partial charge in [-0.2, -0.15) is 5.10 Å². The van der Waals surface area contributed by atoms with Gasteiger partial charge in [-0.05, 0) is 42.8 Å². The predicted molar refractivity (Wildman–Crippen MR) is 140 cm³/mol. The van der Waals surface area contributed by atoms with Crippen LogP contribution in [0.1, 0.15) is 48.8 Å². The van der Waals surface area contributed by atoms with Crippen LogP contribution in [0.5, 0.6) is 0 Å². The first-order valence-corrected chi connectivity index (χ1v) is 11.9. The molecular weight excluding hydrogens is 456 g/mol. The smallest absolute Gasteiger partial charge is 0.320 e. The number of hydrogen-bond acceptors (Lipinski definition) is 4. The Kier molecular flexibility index (Phi) is 6.83. The van der Waals surface area contributed by atoms with Crippen LogP contribution in [0.15, 0.2) is 54.6 Å². The number of nitrogens with one attached hydrogen (secondary N) is 2. The average molecular weight is 489 g/mol. The number of anilines is 3. The third kappa shape index (κ3) is 5.40. The zero-order valence-electron chi connectivity index (χ0n) is 21.3. The molecule has 0 radical (unpaired) electrons. The van der Waals surface area contributed by atoms with E-state index >= 15 is 0 Å². The maximum atomic E-state index is 13.1. The van der Waals surface area contributed by atoms with E-state index in [2.05, 4.69) is 36.5 Å². The third-order valence-corrected chi connectivity index (χ3v) is 6.18. The summed E-state index contributed by atoms with van der Waals surface area (Å²) in [4.78, 5) is 41.5. The quantitative estimate of drug-likeness (QED) is 0.565. The molecule has 0 atom stereocenters. The molecule has 1 aliphatic heterocycles. The molecule has 2 aromatic carbocycles. The van der Waals surface area contributed by atoms with E-state index in [-0.39, 0.29) is 30.3 Å². The molecule has 1 aliphatic rings. The van der Waals surface area contributed by atoms with Crippen molar-refractivity contribution in [3.05, 3.63) is 71.4 Å². The summed E-state index contributed by atoms with van der Waals surface area (Å²) < 4.78 is 1.63. The van der Waals surface area contributed by atoms with Crippen LogP contribution >= 0.6 is 0 Å². The van der Waals surface area contributed by atoms with Gasteiger partial charge in [-0.15, -0.1) is 0 Å². The van der Waals surface area contributed by atoms with Crippen molar-refractivity contribution < 1.29 is 14.4 Å². The van der Waals surface area contributed by atoms with Gasteiger partial charge in [0.05, 0.1) is 5.69 Å². The normalized spacial score (nSPS) is 14.1. The first kappa shape index (κ1) is 25.0. The molecule has 2 heterocycles. The number of amides is 4. The molecule has 4 amide bonds. The van der Waals surface area contributed by atoms with Crippen LogP contribution in [0.3, 0.4) is 0 Å². The van der Waals surface area contributed by atoms with E-state index < -0.39 is 6.03 Å². The maximum Gasteiger partial charge on any atom is 0.324 e. The number of urea groups is 1. The lowest BCUT2D eigenvalue weighted by molar-refractivity contribution is -0.120. The molecule has 9 nitrogen and oxygen atoms in total. The Morgan fingerprint density at radius 3 is 2.33 bits per heavy atom. The van der Waals surface area contributed by atoms with Crippen molar-refractivity contribution in [3.63, 3.8) is 0 Å². The SMILES string of the molecule is Cc1ccccc1N1CN(C(=O)c2ccc(NC(=O)Nc3cc(C(C)(C)C)nn3C)cc2)CCC1=O. The van der Waals surface area contributed by atoms with Crippen molar-refractivity contribution in [1.82, 2.24) is 14.7 Å². The second-order valence-electron chi connectivity index (χ2n) is 10.0. The lowest BCUT2D eigenvalue weighted by atomic mass is 9.92. The van der Waals surface area contributed by atoms with Gasteiger partial charge in [-0.3, -0.25) is 24.5 Å². The molecule has 0 saturated carbocycles. The van der Waals surface area contributed by atoms with E-state index in [4.69, 9.17) is 0 Å².